The number of aromatic nitrogens is 2. The number of hydrogen-bond acceptors (Lipinski definition) is 3. The molecule has 0 atom stereocenters. The maximum Gasteiger partial charge on any atom is 0.356 e. The monoisotopic (exact) mass is 191 g/mol. The summed E-state index contributed by atoms with van der Waals surface area (Å²) in [6, 6.07) is 5.33. The molecule has 0 aliphatic carbocycles. The van der Waals surface area contributed by atoms with E-state index in [-0.39, 0.29) is 5.69 Å². The van der Waals surface area contributed by atoms with Crippen LogP contribution in [0.1, 0.15) is 10.5 Å². The van der Waals surface area contributed by atoms with Gasteiger partial charge in [-0.1, -0.05) is 6.07 Å². The fraction of sp³-hybridized carbons (Fsp3) is 0.111. The summed E-state index contributed by atoms with van der Waals surface area (Å²) < 4.78 is 1.54. The van der Waals surface area contributed by atoms with Crippen LogP contribution in [0.5, 0.6) is 0 Å². The molecule has 0 radical (unpaired) electrons. The summed E-state index contributed by atoms with van der Waals surface area (Å²) in [6.07, 6.45) is 1.67. The van der Waals surface area contributed by atoms with Crippen LogP contribution in [-0.4, -0.2) is 27.5 Å². The third-order valence-corrected chi connectivity index (χ3v) is 1.97. The molecule has 0 saturated heterocycles. The van der Waals surface area contributed by atoms with E-state index < -0.39 is 5.97 Å². The molecule has 0 spiro atoms. The largest absolute Gasteiger partial charge is 0.476 e. The summed E-state index contributed by atoms with van der Waals surface area (Å²) >= 11 is 0. The Hall–Kier alpha value is -2.04. The van der Waals surface area contributed by atoms with Crippen molar-refractivity contribution < 1.29 is 9.90 Å². The minimum Gasteiger partial charge on any atom is -0.476 e. The van der Waals surface area contributed by atoms with Crippen molar-refractivity contribution in [1.82, 2.24) is 9.38 Å². The first-order valence-corrected chi connectivity index (χ1v) is 4.12. The van der Waals surface area contributed by atoms with E-state index in [0.29, 0.717) is 11.5 Å². The number of rotatable bonds is 2. The molecule has 2 N–H and O–H groups in total. The number of nitrogens with one attached hydrogen (secondary N) is 1. The maximum atomic E-state index is 11.0. The third kappa shape index (κ3) is 1.10. The average molecular weight is 191 g/mol. The Bertz CT molecular complexity index is 490. The molecule has 72 valence electrons. The number of aromatic carboxylic acids is 1. The van der Waals surface area contributed by atoms with Crippen molar-refractivity contribution in [2.45, 2.75) is 0 Å². The molecule has 5 nitrogen and oxygen atoms in total. The van der Waals surface area contributed by atoms with Gasteiger partial charge in [0.05, 0.1) is 0 Å². The van der Waals surface area contributed by atoms with Gasteiger partial charge in [-0.2, -0.15) is 0 Å². The Kier molecular flexibility index (Phi) is 1.85. The van der Waals surface area contributed by atoms with Crippen LogP contribution in [0.2, 0.25) is 0 Å². The van der Waals surface area contributed by atoms with Crippen molar-refractivity contribution in [2.75, 3.05) is 12.4 Å². The first kappa shape index (κ1) is 8.55. The molecule has 2 rings (SSSR count). The highest BCUT2D eigenvalue weighted by Gasteiger charge is 2.16. The van der Waals surface area contributed by atoms with Gasteiger partial charge in [-0.15, -0.1) is 0 Å². The van der Waals surface area contributed by atoms with Crippen molar-refractivity contribution >= 4 is 17.4 Å². The van der Waals surface area contributed by atoms with Gasteiger partial charge in [-0.3, -0.25) is 4.40 Å². The third-order valence-electron chi connectivity index (χ3n) is 1.97. The summed E-state index contributed by atoms with van der Waals surface area (Å²) in [5.74, 6) is -0.614. The Morgan fingerprint density at radius 3 is 3.00 bits per heavy atom. The number of carboxylic acids is 1. The van der Waals surface area contributed by atoms with E-state index in [4.69, 9.17) is 5.11 Å². The second-order valence-corrected chi connectivity index (χ2v) is 2.79. The van der Waals surface area contributed by atoms with Gasteiger partial charge >= 0.3 is 5.97 Å². The molecular formula is C9H9N3O2. The Balaban J connectivity index is 2.81. The van der Waals surface area contributed by atoms with Gasteiger partial charge in [0.1, 0.15) is 5.65 Å². The van der Waals surface area contributed by atoms with Gasteiger partial charge in [-0.25, -0.2) is 9.78 Å². The van der Waals surface area contributed by atoms with Gasteiger partial charge in [0, 0.05) is 13.2 Å². The second kappa shape index (κ2) is 3.02. The smallest absolute Gasteiger partial charge is 0.356 e. The lowest BCUT2D eigenvalue weighted by Gasteiger charge is -1.97. The minimum atomic E-state index is -0.993. The molecule has 0 aliphatic heterocycles. The number of carbonyl (C=O) groups is 1. The average Bonchev–Trinajstić information content (AvgIpc) is 2.55. The van der Waals surface area contributed by atoms with Crippen molar-refractivity contribution in [3.8, 4) is 0 Å². The van der Waals surface area contributed by atoms with Gasteiger partial charge in [0.25, 0.3) is 0 Å². The molecule has 0 aliphatic rings. The zero-order valence-corrected chi connectivity index (χ0v) is 7.56. The minimum absolute atomic E-state index is 0.156. The van der Waals surface area contributed by atoms with E-state index in [2.05, 4.69) is 10.3 Å². The van der Waals surface area contributed by atoms with Gasteiger partial charge < -0.3 is 10.4 Å². The Morgan fingerprint density at radius 2 is 2.36 bits per heavy atom. The summed E-state index contributed by atoms with van der Waals surface area (Å²) in [6.45, 7) is 0. The van der Waals surface area contributed by atoms with Crippen LogP contribution in [0, 0.1) is 0 Å². The van der Waals surface area contributed by atoms with Gasteiger partial charge in [0.2, 0.25) is 0 Å². The van der Waals surface area contributed by atoms with E-state index in [9.17, 15) is 4.79 Å². The highest BCUT2D eigenvalue weighted by Crippen LogP contribution is 2.16. The fourth-order valence-corrected chi connectivity index (χ4v) is 1.37. The number of imidazole rings is 1. The van der Waals surface area contributed by atoms with Gasteiger partial charge in [0.15, 0.2) is 11.5 Å². The Labute approximate surface area is 80.0 Å². The second-order valence-electron chi connectivity index (χ2n) is 2.79. The predicted octanol–water partition coefficient (Wildman–Crippen LogP) is 1.07. The highest BCUT2D eigenvalue weighted by atomic mass is 16.4. The molecule has 0 bridgehead atoms. The van der Waals surface area contributed by atoms with Crippen LogP contribution >= 0.6 is 0 Å². The number of nitrogens with zero attached hydrogens (tertiary/aromatic N) is 2. The number of anilines is 1. The van der Waals surface area contributed by atoms with Crippen LogP contribution in [-0.2, 0) is 0 Å². The fourth-order valence-electron chi connectivity index (χ4n) is 1.37. The first-order chi connectivity index (χ1) is 6.74. The molecule has 14 heavy (non-hydrogen) atoms. The van der Waals surface area contributed by atoms with Crippen LogP contribution in [0.25, 0.3) is 5.65 Å². The zero-order chi connectivity index (χ0) is 10.1. The van der Waals surface area contributed by atoms with Crippen LogP contribution < -0.4 is 5.32 Å². The molecule has 0 fully saturated rings. The summed E-state index contributed by atoms with van der Waals surface area (Å²) in [4.78, 5) is 15.1. The normalized spacial score (nSPS) is 10.4. The lowest BCUT2D eigenvalue weighted by Crippen LogP contribution is -2.04. The standard InChI is InChI=1S/C9H9N3O2/c1-10-8-7(9(13)14)12-5-3-2-4-6(12)11-8/h2-5,10H,1H3,(H,13,14). The molecule has 5 heteroatoms. The summed E-state index contributed by atoms with van der Waals surface area (Å²) in [7, 11) is 1.65. The lowest BCUT2D eigenvalue weighted by atomic mass is 10.4. The topological polar surface area (TPSA) is 66.6 Å². The zero-order valence-electron chi connectivity index (χ0n) is 7.56. The molecule has 0 unspecified atom stereocenters. The molecule has 2 aromatic rings. The van der Waals surface area contributed by atoms with E-state index in [0.717, 1.165) is 0 Å². The van der Waals surface area contributed by atoms with Gasteiger partial charge in [-0.05, 0) is 12.1 Å². The summed E-state index contributed by atoms with van der Waals surface area (Å²) in [5, 5.41) is 11.7. The van der Waals surface area contributed by atoms with Crippen LogP contribution in [0.4, 0.5) is 5.82 Å². The quantitative estimate of drug-likeness (QED) is 0.745. The van der Waals surface area contributed by atoms with Crippen LogP contribution in [0.15, 0.2) is 24.4 Å². The SMILES string of the molecule is CNc1nc2ccccn2c1C(=O)O. The number of fused-ring (bicyclic) bond motifs is 1. The Morgan fingerprint density at radius 1 is 1.57 bits per heavy atom. The van der Waals surface area contributed by atoms with Crippen molar-refractivity contribution in [3.63, 3.8) is 0 Å². The molecular weight excluding hydrogens is 182 g/mol. The number of pyridine rings is 1. The highest BCUT2D eigenvalue weighted by molar-refractivity contribution is 5.92. The molecule has 2 aromatic heterocycles. The first-order valence-electron chi connectivity index (χ1n) is 4.12. The summed E-state index contributed by atoms with van der Waals surface area (Å²) in [5.41, 5.74) is 0.775. The molecule has 0 saturated carbocycles. The van der Waals surface area contributed by atoms with Crippen molar-refractivity contribution in [3.05, 3.63) is 30.1 Å². The van der Waals surface area contributed by atoms with E-state index in [1.165, 1.54) is 4.40 Å². The molecule has 0 amide bonds. The lowest BCUT2D eigenvalue weighted by molar-refractivity contribution is 0.0690. The number of hydrogen-bond donors (Lipinski definition) is 2. The van der Waals surface area contributed by atoms with E-state index >= 15 is 0 Å². The van der Waals surface area contributed by atoms with Crippen molar-refractivity contribution in [1.29, 1.82) is 0 Å². The number of carboxylic acid groups (broad SMARTS) is 1. The molecule has 2 heterocycles. The van der Waals surface area contributed by atoms with Crippen LogP contribution in [0.3, 0.4) is 0 Å². The maximum absolute atomic E-state index is 11.0. The predicted molar refractivity (Wildman–Crippen MR) is 51.7 cm³/mol. The van der Waals surface area contributed by atoms with E-state index in [1.54, 1.807) is 25.4 Å². The molecule has 0 aromatic carbocycles. The van der Waals surface area contributed by atoms with Crippen molar-refractivity contribution in [2.24, 2.45) is 0 Å². The van der Waals surface area contributed by atoms with E-state index in [1.807, 2.05) is 6.07 Å².